The van der Waals surface area contributed by atoms with Gasteiger partial charge in [0.25, 0.3) is 0 Å². The molecule has 0 unspecified atom stereocenters. The van der Waals surface area contributed by atoms with E-state index >= 15 is 0 Å². The van der Waals surface area contributed by atoms with Crippen molar-refractivity contribution in [3.63, 3.8) is 0 Å². The molecule has 0 bridgehead atoms. The molecular formula is C17H11Br2F2N3O2. The molecule has 0 saturated carbocycles. The fraction of sp³-hybridized carbons (Fsp3) is 0.118. The third kappa shape index (κ3) is 4.34. The van der Waals surface area contributed by atoms with Crippen molar-refractivity contribution in [1.82, 2.24) is 15.2 Å². The summed E-state index contributed by atoms with van der Waals surface area (Å²) in [5, 5.41) is 17.6. The number of rotatable bonds is 4. The van der Waals surface area contributed by atoms with Gasteiger partial charge < -0.3 is 9.84 Å². The molecule has 2 aromatic rings. The molecule has 1 aliphatic rings. The predicted octanol–water partition coefficient (Wildman–Crippen LogP) is 5.18. The molecule has 0 atom stereocenters. The minimum atomic E-state index is -0.695. The summed E-state index contributed by atoms with van der Waals surface area (Å²) in [4.78, 5) is 4.04. The number of phenols is 1. The van der Waals surface area contributed by atoms with Gasteiger partial charge in [0.1, 0.15) is 29.7 Å². The van der Waals surface area contributed by atoms with Crippen LogP contribution >= 0.6 is 31.9 Å². The van der Waals surface area contributed by atoms with Crippen LogP contribution < -0.4 is 4.74 Å². The molecule has 0 fully saturated rings. The fourth-order valence-corrected chi connectivity index (χ4v) is 3.32. The Balaban J connectivity index is 1.71. The summed E-state index contributed by atoms with van der Waals surface area (Å²) in [7, 11) is 0. The van der Waals surface area contributed by atoms with E-state index in [2.05, 4.69) is 47.0 Å². The number of aromatic nitrogens is 3. The van der Waals surface area contributed by atoms with Crippen molar-refractivity contribution in [3.05, 3.63) is 62.7 Å². The zero-order chi connectivity index (χ0) is 18.7. The average molecular weight is 487 g/mol. The van der Waals surface area contributed by atoms with Crippen molar-refractivity contribution in [3.8, 4) is 23.0 Å². The lowest BCUT2D eigenvalue weighted by atomic mass is 10.1. The lowest BCUT2D eigenvalue weighted by molar-refractivity contribution is 0.315. The van der Waals surface area contributed by atoms with Crippen LogP contribution in [-0.2, 0) is 0 Å². The summed E-state index contributed by atoms with van der Waals surface area (Å²) in [6.45, 7) is -0.138. The van der Waals surface area contributed by atoms with Gasteiger partial charge in [-0.3, -0.25) is 0 Å². The third-order valence-electron chi connectivity index (χ3n) is 3.46. The van der Waals surface area contributed by atoms with Crippen LogP contribution in [0.4, 0.5) is 8.78 Å². The molecule has 26 heavy (non-hydrogen) atoms. The lowest BCUT2D eigenvalue weighted by Gasteiger charge is -2.07. The van der Waals surface area contributed by atoms with Crippen LogP contribution in [0, 0.1) is 0 Å². The number of aromatic hydroxyl groups is 1. The molecule has 9 heteroatoms. The third-order valence-corrected chi connectivity index (χ3v) is 4.67. The SMILES string of the molecule is Oc1c(Br)cc(-c2cnc(OCC3=CCC=C(F)C=C3F)nn2)cc1Br. The van der Waals surface area contributed by atoms with Gasteiger partial charge in [-0.05, 0) is 56.5 Å². The molecule has 134 valence electrons. The van der Waals surface area contributed by atoms with Gasteiger partial charge in [-0.2, -0.15) is 0 Å². The van der Waals surface area contributed by atoms with E-state index in [1.54, 1.807) is 12.1 Å². The van der Waals surface area contributed by atoms with Crippen LogP contribution in [0.1, 0.15) is 6.42 Å². The van der Waals surface area contributed by atoms with Crippen LogP contribution in [0.25, 0.3) is 11.3 Å². The van der Waals surface area contributed by atoms with Gasteiger partial charge in [0.2, 0.25) is 0 Å². The Bertz CT molecular complexity index is 905. The van der Waals surface area contributed by atoms with Gasteiger partial charge in [-0.1, -0.05) is 11.2 Å². The van der Waals surface area contributed by atoms with Crippen LogP contribution in [0.5, 0.6) is 11.8 Å². The normalized spacial score (nSPS) is 14.2. The topological polar surface area (TPSA) is 68.1 Å². The largest absolute Gasteiger partial charge is 0.506 e. The minimum Gasteiger partial charge on any atom is -0.506 e. The highest BCUT2D eigenvalue weighted by molar-refractivity contribution is 9.11. The second kappa shape index (κ2) is 8.05. The van der Waals surface area contributed by atoms with Crippen molar-refractivity contribution in [1.29, 1.82) is 0 Å². The van der Waals surface area contributed by atoms with Gasteiger partial charge in [-0.15, -0.1) is 5.10 Å². The van der Waals surface area contributed by atoms with Crippen LogP contribution in [0.15, 0.2) is 62.7 Å². The van der Waals surface area contributed by atoms with Crippen molar-refractivity contribution in [2.75, 3.05) is 6.61 Å². The summed E-state index contributed by atoms with van der Waals surface area (Å²) in [5.74, 6) is -1.24. The molecular weight excluding hydrogens is 476 g/mol. The van der Waals surface area contributed by atoms with Gasteiger partial charge in [0.05, 0.1) is 15.1 Å². The Labute approximate surface area is 164 Å². The van der Waals surface area contributed by atoms with Gasteiger partial charge >= 0.3 is 6.01 Å². The first kappa shape index (κ1) is 18.7. The van der Waals surface area contributed by atoms with Crippen molar-refractivity contribution >= 4 is 31.9 Å². The molecule has 0 saturated heterocycles. The highest BCUT2D eigenvalue weighted by Gasteiger charge is 2.12. The summed E-state index contributed by atoms with van der Waals surface area (Å²) < 4.78 is 33.2. The number of allylic oxidation sites excluding steroid dienone is 4. The Morgan fingerprint density at radius 2 is 1.85 bits per heavy atom. The Hall–Kier alpha value is -2.13. The molecule has 1 aromatic heterocycles. The number of ether oxygens (including phenoxy) is 1. The van der Waals surface area contributed by atoms with Crippen LogP contribution in [-0.4, -0.2) is 26.9 Å². The second-order valence-electron chi connectivity index (χ2n) is 5.25. The zero-order valence-electron chi connectivity index (χ0n) is 13.1. The highest BCUT2D eigenvalue weighted by atomic mass is 79.9. The number of benzene rings is 1. The van der Waals surface area contributed by atoms with E-state index < -0.39 is 11.7 Å². The number of phenolic OH excluding ortho intramolecular Hbond substituents is 1. The standard InChI is InChI=1S/C17H11Br2F2N3O2/c18-12-4-10(5-13(19)16(12)25)15-7-22-17(24-23-15)26-8-9-2-1-3-11(20)6-14(9)21/h2-7,25H,1,8H2. The molecule has 3 rings (SSSR count). The van der Waals surface area contributed by atoms with Crippen molar-refractivity contribution < 1.29 is 18.6 Å². The fourth-order valence-electron chi connectivity index (χ4n) is 2.13. The number of nitrogens with zero attached hydrogens (tertiary/aromatic N) is 3. The highest BCUT2D eigenvalue weighted by Crippen LogP contribution is 2.36. The monoisotopic (exact) mass is 485 g/mol. The number of hydrogen-bond donors (Lipinski definition) is 1. The maximum atomic E-state index is 13.8. The van der Waals surface area contributed by atoms with E-state index in [1.807, 2.05) is 0 Å². The van der Waals surface area contributed by atoms with E-state index in [9.17, 15) is 13.9 Å². The van der Waals surface area contributed by atoms with E-state index in [-0.39, 0.29) is 30.4 Å². The molecule has 1 N–H and O–H groups in total. The lowest BCUT2D eigenvalue weighted by Crippen LogP contribution is -2.06. The second-order valence-corrected chi connectivity index (χ2v) is 6.96. The summed E-state index contributed by atoms with van der Waals surface area (Å²) >= 11 is 6.48. The minimum absolute atomic E-state index is 0.0305. The maximum Gasteiger partial charge on any atom is 0.336 e. The van der Waals surface area contributed by atoms with Crippen molar-refractivity contribution in [2.24, 2.45) is 0 Å². The van der Waals surface area contributed by atoms with Gasteiger partial charge in [0.15, 0.2) is 0 Å². The van der Waals surface area contributed by atoms with E-state index in [4.69, 9.17) is 4.74 Å². The quantitative estimate of drug-likeness (QED) is 0.644. The summed E-state index contributed by atoms with van der Waals surface area (Å²) in [6, 6.07) is 3.31. The average Bonchev–Trinajstić information content (AvgIpc) is 2.78. The molecule has 0 amide bonds. The van der Waals surface area contributed by atoms with E-state index in [1.165, 1.54) is 18.3 Å². The zero-order valence-corrected chi connectivity index (χ0v) is 16.3. The van der Waals surface area contributed by atoms with Gasteiger partial charge in [-0.25, -0.2) is 13.8 Å². The molecule has 1 heterocycles. The van der Waals surface area contributed by atoms with Crippen LogP contribution in [0.3, 0.4) is 0 Å². The van der Waals surface area contributed by atoms with Gasteiger partial charge in [0, 0.05) is 17.2 Å². The molecule has 1 aliphatic carbocycles. The Morgan fingerprint density at radius 3 is 2.50 bits per heavy atom. The summed E-state index contributed by atoms with van der Waals surface area (Å²) in [5.41, 5.74) is 1.35. The predicted molar refractivity (Wildman–Crippen MR) is 98.9 cm³/mol. The molecule has 0 spiro atoms. The van der Waals surface area contributed by atoms with Crippen LogP contribution in [0.2, 0.25) is 0 Å². The number of halogens is 4. The first-order chi connectivity index (χ1) is 12.4. The number of hydrogen-bond acceptors (Lipinski definition) is 5. The van der Waals surface area contributed by atoms with E-state index in [0.29, 0.717) is 20.2 Å². The van der Waals surface area contributed by atoms with E-state index in [0.717, 1.165) is 6.08 Å². The maximum absolute atomic E-state index is 13.8. The first-order valence-corrected chi connectivity index (χ1v) is 8.96. The summed E-state index contributed by atoms with van der Waals surface area (Å²) in [6.07, 6.45) is 5.34. The van der Waals surface area contributed by atoms with Crippen molar-refractivity contribution in [2.45, 2.75) is 6.42 Å². The Kier molecular flexibility index (Phi) is 5.77. The molecule has 0 radical (unpaired) electrons. The smallest absolute Gasteiger partial charge is 0.336 e. The Morgan fingerprint density at radius 1 is 1.12 bits per heavy atom. The first-order valence-electron chi connectivity index (χ1n) is 7.37. The molecule has 5 nitrogen and oxygen atoms in total. The molecule has 1 aromatic carbocycles. The molecule has 0 aliphatic heterocycles.